The summed E-state index contributed by atoms with van der Waals surface area (Å²) >= 11 is 1.88. The lowest BCUT2D eigenvalue weighted by Crippen LogP contribution is -2.56. The molecule has 0 atom stereocenters. The molecule has 1 aliphatic carbocycles. The molecule has 3 fully saturated rings. The van der Waals surface area contributed by atoms with E-state index in [4.69, 9.17) is 4.74 Å². The van der Waals surface area contributed by atoms with Crippen molar-refractivity contribution in [3.05, 3.63) is 0 Å². The van der Waals surface area contributed by atoms with Crippen LogP contribution in [0.15, 0.2) is 0 Å². The van der Waals surface area contributed by atoms with Crippen LogP contribution in [0, 0.1) is 5.92 Å². The number of amides is 3. The summed E-state index contributed by atoms with van der Waals surface area (Å²) in [6, 6.07) is -0.231. The third kappa shape index (κ3) is 4.70. The minimum atomic E-state index is -0.421. The van der Waals surface area contributed by atoms with Gasteiger partial charge in [0, 0.05) is 31.3 Å². The third-order valence-electron chi connectivity index (χ3n) is 5.92. The summed E-state index contributed by atoms with van der Waals surface area (Å²) in [4.78, 5) is 40.5. The highest BCUT2D eigenvalue weighted by molar-refractivity contribution is 8.00. The summed E-state index contributed by atoms with van der Waals surface area (Å²) < 4.78 is 4.83. The first-order chi connectivity index (χ1) is 13.1. The lowest BCUT2D eigenvalue weighted by molar-refractivity contribution is -0.142. The summed E-state index contributed by atoms with van der Waals surface area (Å²) in [6.45, 7) is 3.99. The largest absolute Gasteiger partial charge is 0.465 e. The summed E-state index contributed by atoms with van der Waals surface area (Å²) in [5, 5.41) is 2.63. The SMILES string of the molecule is CCOC(=O)CNC(=O)N1CCC2(CC1)SCCN2C(=O)C1CCCCC1. The van der Waals surface area contributed by atoms with Gasteiger partial charge < -0.3 is 19.9 Å². The number of hydrogen-bond donors (Lipinski definition) is 1. The van der Waals surface area contributed by atoms with Crippen LogP contribution in [0.3, 0.4) is 0 Å². The molecule has 0 bridgehead atoms. The fourth-order valence-corrected chi connectivity index (χ4v) is 5.90. The topological polar surface area (TPSA) is 79.0 Å². The molecule has 0 unspecified atom stereocenters. The molecule has 8 heteroatoms. The summed E-state index contributed by atoms with van der Waals surface area (Å²) in [6.07, 6.45) is 7.22. The zero-order valence-electron chi connectivity index (χ0n) is 16.2. The van der Waals surface area contributed by atoms with Crippen molar-refractivity contribution in [2.24, 2.45) is 5.92 Å². The van der Waals surface area contributed by atoms with Crippen LogP contribution in [0.2, 0.25) is 0 Å². The van der Waals surface area contributed by atoms with Crippen LogP contribution in [0.1, 0.15) is 51.9 Å². The second-order valence-corrected chi connectivity index (χ2v) is 9.03. The fraction of sp³-hybridized carbons (Fsp3) is 0.842. The number of rotatable bonds is 4. The number of nitrogens with zero attached hydrogens (tertiary/aromatic N) is 2. The molecule has 2 heterocycles. The molecule has 7 nitrogen and oxygen atoms in total. The molecule has 1 N–H and O–H groups in total. The van der Waals surface area contributed by atoms with Gasteiger partial charge in [-0.25, -0.2) is 4.79 Å². The molecule has 3 rings (SSSR count). The molecule has 1 saturated carbocycles. The Morgan fingerprint density at radius 2 is 1.81 bits per heavy atom. The maximum absolute atomic E-state index is 13.1. The van der Waals surface area contributed by atoms with Gasteiger partial charge in [-0.1, -0.05) is 19.3 Å². The van der Waals surface area contributed by atoms with Crippen LogP contribution < -0.4 is 5.32 Å². The average molecular weight is 398 g/mol. The van der Waals surface area contributed by atoms with Crippen molar-refractivity contribution in [2.45, 2.75) is 56.7 Å². The van der Waals surface area contributed by atoms with Crippen molar-refractivity contribution in [3.63, 3.8) is 0 Å². The van der Waals surface area contributed by atoms with Crippen LogP contribution >= 0.6 is 11.8 Å². The van der Waals surface area contributed by atoms with Gasteiger partial charge in [0.05, 0.1) is 11.5 Å². The Morgan fingerprint density at radius 3 is 2.48 bits per heavy atom. The quantitative estimate of drug-likeness (QED) is 0.736. The molecule has 2 saturated heterocycles. The third-order valence-corrected chi connectivity index (χ3v) is 7.47. The van der Waals surface area contributed by atoms with Gasteiger partial charge in [0.15, 0.2) is 0 Å². The first-order valence-corrected chi connectivity index (χ1v) is 11.2. The molecule has 0 radical (unpaired) electrons. The van der Waals surface area contributed by atoms with E-state index >= 15 is 0 Å². The van der Waals surface area contributed by atoms with Crippen molar-refractivity contribution in [1.29, 1.82) is 0 Å². The Labute approximate surface area is 165 Å². The number of piperidine rings is 1. The highest BCUT2D eigenvalue weighted by Gasteiger charge is 2.48. The summed E-state index contributed by atoms with van der Waals surface area (Å²) in [5.41, 5.74) is 0. The number of nitrogens with one attached hydrogen (secondary N) is 1. The summed E-state index contributed by atoms with van der Waals surface area (Å²) in [7, 11) is 0. The second kappa shape index (κ2) is 9.17. The minimum absolute atomic E-state index is 0.102. The van der Waals surface area contributed by atoms with Crippen molar-refractivity contribution < 1.29 is 19.1 Å². The highest BCUT2D eigenvalue weighted by Crippen LogP contribution is 2.45. The van der Waals surface area contributed by atoms with E-state index in [-0.39, 0.29) is 23.4 Å². The van der Waals surface area contributed by atoms with Gasteiger partial charge >= 0.3 is 12.0 Å². The number of ether oxygens (including phenoxy) is 1. The zero-order chi connectivity index (χ0) is 19.3. The maximum atomic E-state index is 13.1. The first-order valence-electron chi connectivity index (χ1n) is 10.2. The van der Waals surface area contributed by atoms with Crippen LogP contribution in [0.5, 0.6) is 0 Å². The van der Waals surface area contributed by atoms with Crippen molar-refractivity contribution in [3.8, 4) is 0 Å². The Kier molecular flexibility index (Phi) is 6.89. The number of carbonyl (C=O) groups is 3. The second-order valence-electron chi connectivity index (χ2n) is 7.57. The first kappa shape index (κ1) is 20.3. The molecule has 0 aromatic rings. The molecule has 152 valence electrons. The van der Waals surface area contributed by atoms with Gasteiger partial charge in [0.1, 0.15) is 6.54 Å². The molecule has 0 aromatic carbocycles. The minimum Gasteiger partial charge on any atom is -0.465 e. The predicted molar refractivity (Wildman–Crippen MR) is 104 cm³/mol. The van der Waals surface area contributed by atoms with Gasteiger partial charge in [0.2, 0.25) is 5.91 Å². The van der Waals surface area contributed by atoms with E-state index in [0.29, 0.717) is 25.6 Å². The normalized spacial score (nSPS) is 22.7. The van der Waals surface area contributed by atoms with Crippen molar-refractivity contribution in [1.82, 2.24) is 15.1 Å². The predicted octanol–water partition coefficient (Wildman–Crippen LogP) is 2.21. The fourth-order valence-electron chi connectivity index (χ4n) is 4.43. The zero-order valence-corrected chi connectivity index (χ0v) is 17.0. The number of urea groups is 1. The van der Waals surface area contributed by atoms with Crippen LogP contribution in [-0.2, 0) is 14.3 Å². The van der Waals surface area contributed by atoms with Gasteiger partial charge in [-0.05, 0) is 32.6 Å². The van der Waals surface area contributed by atoms with E-state index in [2.05, 4.69) is 10.2 Å². The average Bonchev–Trinajstić information content (AvgIpc) is 3.10. The molecule has 27 heavy (non-hydrogen) atoms. The van der Waals surface area contributed by atoms with Gasteiger partial charge in [-0.3, -0.25) is 9.59 Å². The van der Waals surface area contributed by atoms with E-state index in [1.54, 1.807) is 11.8 Å². The smallest absolute Gasteiger partial charge is 0.325 e. The van der Waals surface area contributed by atoms with Crippen LogP contribution in [0.4, 0.5) is 4.79 Å². The van der Waals surface area contributed by atoms with Crippen LogP contribution in [0.25, 0.3) is 0 Å². The van der Waals surface area contributed by atoms with Crippen molar-refractivity contribution >= 4 is 29.7 Å². The number of hydrogen-bond acceptors (Lipinski definition) is 5. The Morgan fingerprint density at radius 1 is 1.11 bits per heavy atom. The monoisotopic (exact) mass is 397 g/mol. The van der Waals surface area contributed by atoms with Crippen molar-refractivity contribution in [2.75, 3.05) is 38.5 Å². The molecular formula is C19H31N3O4S. The number of likely N-dealkylation sites (tertiary alicyclic amines) is 1. The van der Waals surface area contributed by atoms with E-state index in [0.717, 1.165) is 38.0 Å². The van der Waals surface area contributed by atoms with E-state index < -0.39 is 5.97 Å². The maximum Gasteiger partial charge on any atom is 0.325 e. The Bertz CT molecular complexity index is 557. The number of carbonyl (C=O) groups excluding carboxylic acids is 3. The van der Waals surface area contributed by atoms with E-state index in [9.17, 15) is 14.4 Å². The lowest BCUT2D eigenvalue weighted by Gasteiger charge is -2.45. The van der Waals surface area contributed by atoms with E-state index in [1.807, 2.05) is 11.8 Å². The Hall–Kier alpha value is -1.44. The standard InChI is InChI=1S/C19H31N3O4S/c1-2-26-16(23)14-20-18(25)21-10-8-19(9-11-21)22(12-13-27-19)17(24)15-6-4-3-5-7-15/h15H,2-14H2,1H3,(H,20,25). The summed E-state index contributed by atoms with van der Waals surface area (Å²) in [5.74, 6) is 1.09. The number of thioether (sulfide) groups is 1. The molecule has 2 aliphatic heterocycles. The Balaban J connectivity index is 1.52. The molecular weight excluding hydrogens is 366 g/mol. The lowest BCUT2D eigenvalue weighted by atomic mass is 9.87. The van der Waals surface area contributed by atoms with Crippen LogP contribution in [-0.4, -0.2) is 71.1 Å². The molecule has 1 spiro atoms. The molecule has 3 amide bonds. The highest BCUT2D eigenvalue weighted by atomic mass is 32.2. The van der Waals surface area contributed by atoms with Gasteiger partial charge in [-0.15, -0.1) is 11.8 Å². The molecule has 3 aliphatic rings. The number of esters is 1. The van der Waals surface area contributed by atoms with Gasteiger partial charge in [-0.2, -0.15) is 0 Å². The van der Waals surface area contributed by atoms with E-state index in [1.165, 1.54) is 19.3 Å². The molecule has 0 aromatic heterocycles. The van der Waals surface area contributed by atoms with Gasteiger partial charge in [0.25, 0.3) is 0 Å².